The van der Waals surface area contributed by atoms with Gasteiger partial charge in [-0.1, -0.05) is 36.4 Å². The molecule has 0 aliphatic carbocycles. The zero-order chi connectivity index (χ0) is 26.4. The number of aliphatic imine (C=N–C) groups is 2. The van der Waals surface area contributed by atoms with Crippen molar-refractivity contribution in [2.75, 3.05) is 30.0 Å². The molecule has 1 atom stereocenters. The van der Waals surface area contributed by atoms with Gasteiger partial charge in [0, 0.05) is 55.1 Å². The molecule has 2 heterocycles. The van der Waals surface area contributed by atoms with Crippen molar-refractivity contribution in [1.82, 2.24) is 5.32 Å². The average molecular weight is 527 g/mol. The molecule has 8 heteroatoms. The molecule has 194 valence electrons. The third-order valence-corrected chi connectivity index (χ3v) is 7.17. The molecule has 7 nitrogen and oxygen atoms in total. The second-order valence-corrected chi connectivity index (χ2v) is 11.5. The summed E-state index contributed by atoms with van der Waals surface area (Å²) in [5, 5.41) is 3.18. The zero-order valence-corrected chi connectivity index (χ0v) is 22.0. The normalized spacial score (nSPS) is 17.8. The van der Waals surface area contributed by atoms with Crippen molar-refractivity contribution < 1.29 is 13.2 Å². The van der Waals surface area contributed by atoms with Crippen LogP contribution in [0.25, 0.3) is 0 Å². The molecule has 0 saturated heterocycles. The number of nitrogens with one attached hydrogen (secondary N) is 1. The minimum atomic E-state index is -2.96. The highest BCUT2D eigenvalue weighted by atomic mass is 32.2. The van der Waals surface area contributed by atoms with E-state index in [1.165, 1.54) is 6.26 Å². The number of rotatable bonds is 9. The van der Waals surface area contributed by atoms with E-state index in [4.69, 9.17) is 9.73 Å². The summed E-state index contributed by atoms with van der Waals surface area (Å²) in [6, 6.07) is 25.7. The number of benzene rings is 3. The van der Waals surface area contributed by atoms with Crippen molar-refractivity contribution in [3.05, 3.63) is 108 Å². The van der Waals surface area contributed by atoms with Gasteiger partial charge in [-0.15, -0.1) is 0 Å². The predicted octanol–water partition coefficient (Wildman–Crippen LogP) is 5.30. The highest BCUT2D eigenvalue weighted by Crippen LogP contribution is 2.29. The van der Waals surface area contributed by atoms with Gasteiger partial charge in [0.2, 0.25) is 0 Å². The van der Waals surface area contributed by atoms with E-state index >= 15 is 0 Å². The Morgan fingerprint density at radius 2 is 1.74 bits per heavy atom. The Labute approximate surface area is 223 Å². The lowest BCUT2D eigenvalue weighted by molar-refractivity contribution is 0.483. The van der Waals surface area contributed by atoms with Crippen LogP contribution in [0.15, 0.2) is 113 Å². The van der Waals surface area contributed by atoms with E-state index in [9.17, 15) is 8.42 Å². The van der Waals surface area contributed by atoms with E-state index in [0.717, 1.165) is 39.7 Å². The average Bonchev–Trinajstić information content (AvgIpc) is 2.93. The summed E-state index contributed by atoms with van der Waals surface area (Å²) in [5.74, 6) is 1.79. The molecular formula is C30H30N4O3S. The minimum absolute atomic E-state index is 0.0951. The summed E-state index contributed by atoms with van der Waals surface area (Å²) in [6.07, 6.45) is 9.53. The number of nitrogens with zero attached hydrogens (tertiary/aromatic N) is 3. The van der Waals surface area contributed by atoms with E-state index in [0.29, 0.717) is 19.6 Å². The van der Waals surface area contributed by atoms with E-state index in [1.807, 2.05) is 60.8 Å². The summed E-state index contributed by atoms with van der Waals surface area (Å²) in [4.78, 5) is 11.6. The van der Waals surface area contributed by atoms with Crippen molar-refractivity contribution in [3.8, 4) is 11.5 Å². The highest BCUT2D eigenvalue weighted by Gasteiger charge is 2.23. The zero-order valence-electron chi connectivity index (χ0n) is 21.2. The van der Waals surface area contributed by atoms with Crippen molar-refractivity contribution in [3.63, 3.8) is 0 Å². The van der Waals surface area contributed by atoms with Crippen molar-refractivity contribution in [2.45, 2.75) is 6.54 Å². The molecule has 0 fully saturated rings. The van der Waals surface area contributed by atoms with Crippen LogP contribution in [0.5, 0.6) is 11.5 Å². The second-order valence-electron chi connectivity index (χ2n) is 9.29. The minimum Gasteiger partial charge on any atom is -0.457 e. The third kappa shape index (κ3) is 6.85. The van der Waals surface area contributed by atoms with Gasteiger partial charge >= 0.3 is 0 Å². The smallest absolute Gasteiger partial charge is 0.148 e. The summed E-state index contributed by atoms with van der Waals surface area (Å²) < 4.78 is 28.5. The monoisotopic (exact) mass is 526 g/mol. The van der Waals surface area contributed by atoms with E-state index in [-0.39, 0.29) is 11.7 Å². The Kier molecular flexibility index (Phi) is 7.81. The van der Waals surface area contributed by atoms with Gasteiger partial charge < -0.3 is 15.0 Å². The number of hydrogen-bond acceptors (Lipinski definition) is 7. The number of hydrogen-bond donors (Lipinski definition) is 1. The number of para-hydroxylation sites is 1. The molecule has 5 rings (SSSR count). The fourth-order valence-corrected chi connectivity index (χ4v) is 4.73. The molecule has 3 aromatic carbocycles. The first-order chi connectivity index (χ1) is 18.4. The number of sulfone groups is 1. The van der Waals surface area contributed by atoms with Crippen LogP contribution in [-0.4, -0.2) is 45.4 Å². The number of ether oxygens (including phenoxy) is 1. The summed E-state index contributed by atoms with van der Waals surface area (Å²) in [5.41, 5.74) is 5.05. The van der Waals surface area contributed by atoms with E-state index in [1.54, 1.807) is 0 Å². The maximum atomic E-state index is 11.3. The van der Waals surface area contributed by atoms with Gasteiger partial charge in [-0.25, -0.2) is 8.42 Å². The van der Waals surface area contributed by atoms with Gasteiger partial charge in [-0.05, 0) is 54.1 Å². The Hall–Kier alpha value is -4.01. The van der Waals surface area contributed by atoms with Gasteiger partial charge in [-0.2, -0.15) is 0 Å². The lowest BCUT2D eigenvalue weighted by Gasteiger charge is -2.28. The third-order valence-electron chi connectivity index (χ3n) is 6.22. The SMILES string of the molecule is CS(=O)(=O)CCNCc1ccc(N2C=CC3C=NCC(=Nc4ccc(Oc5ccccc5)cc4)C3=C2)cc1. The van der Waals surface area contributed by atoms with Crippen LogP contribution >= 0.6 is 0 Å². The van der Waals surface area contributed by atoms with E-state index < -0.39 is 9.84 Å². The number of allylic oxidation sites excluding steroid dienone is 1. The van der Waals surface area contributed by atoms with Crippen LogP contribution in [0.4, 0.5) is 11.4 Å². The van der Waals surface area contributed by atoms with Crippen LogP contribution in [0.1, 0.15) is 5.56 Å². The second kappa shape index (κ2) is 11.6. The van der Waals surface area contributed by atoms with Gasteiger partial charge in [0.25, 0.3) is 0 Å². The van der Waals surface area contributed by atoms with Crippen molar-refractivity contribution in [1.29, 1.82) is 0 Å². The Balaban J connectivity index is 1.26. The first-order valence-electron chi connectivity index (χ1n) is 12.5. The number of fused-ring (bicyclic) bond motifs is 1. The van der Waals surface area contributed by atoms with Crippen LogP contribution < -0.4 is 15.0 Å². The fraction of sp³-hybridized carbons (Fsp3) is 0.200. The lowest BCUT2D eigenvalue weighted by atomic mass is 9.92. The molecule has 0 spiro atoms. The van der Waals surface area contributed by atoms with Crippen LogP contribution in [0.2, 0.25) is 0 Å². The molecule has 1 unspecified atom stereocenters. The standard InChI is InChI=1S/C30H30N4O3S/c1-38(35,36)18-16-31-19-23-7-11-26(12-8-23)34-17-15-24-20-32-21-30(29(24)22-34)33-25-9-13-28(14-10-25)37-27-5-3-2-4-6-27/h2-15,17,20,22,24,31H,16,18-19,21H2,1H3. The molecule has 2 aliphatic heterocycles. The molecule has 3 aromatic rings. The highest BCUT2D eigenvalue weighted by molar-refractivity contribution is 7.90. The molecule has 0 saturated carbocycles. The maximum Gasteiger partial charge on any atom is 0.148 e. The lowest BCUT2D eigenvalue weighted by Crippen LogP contribution is -2.27. The van der Waals surface area contributed by atoms with Crippen LogP contribution in [-0.2, 0) is 16.4 Å². The molecule has 0 aromatic heterocycles. The molecular weight excluding hydrogens is 496 g/mol. The fourth-order valence-electron chi connectivity index (χ4n) is 4.21. The topological polar surface area (TPSA) is 83.4 Å². The Bertz CT molecular complexity index is 1480. The quantitative estimate of drug-likeness (QED) is 0.383. The first-order valence-corrected chi connectivity index (χ1v) is 14.6. The van der Waals surface area contributed by atoms with Crippen LogP contribution in [0.3, 0.4) is 0 Å². The van der Waals surface area contributed by atoms with Crippen LogP contribution in [0, 0.1) is 5.92 Å². The first kappa shape index (κ1) is 25.6. The summed E-state index contributed by atoms with van der Waals surface area (Å²) in [6.45, 7) is 1.59. The molecule has 2 aliphatic rings. The molecule has 38 heavy (non-hydrogen) atoms. The largest absolute Gasteiger partial charge is 0.457 e. The number of anilines is 1. The van der Waals surface area contributed by atoms with Gasteiger partial charge in [-0.3, -0.25) is 9.98 Å². The van der Waals surface area contributed by atoms with E-state index in [2.05, 4.69) is 58.0 Å². The van der Waals surface area contributed by atoms with Gasteiger partial charge in [0.15, 0.2) is 0 Å². The maximum absolute atomic E-state index is 11.3. The molecule has 0 radical (unpaired) electrons. The predicted molar refractivity (Wildman–Crippen MR) is 154 cm³/mol. The van der Waals surface area contributed by atoms with Gasteiger partial charge in [0.05, 0.1) is 23.7 Å². The van der Waals surface area contributed by atoms with Crippen molar-refractivity contribution in [2.24, 2.45) is 15.9 Å². The molecule has 0 bridgehead atoms. The molecule has 0 amide bonds. The van der Waals surface area contributed by atoms with Crippen molar-refractivity contribution >= 4 is 33.1 Å². The van der Waals surface area contributed by atoms with Gasteiger partial charge in [0.1, 0.15) is 21.3 Å². The Morgan fingerprint density at radius 3 is 2.47 bits per heavy atom. The summed E-state index contributed by atoms with van der Waals surface area (Å²) >= 11 is 0. The Morgan fingerprint density at radius 1 is 1.00 bits per heavy atom. The molecule has 1 N–H and O–H groups in total. The summed E-state index contributed by atoms with van der Waals surface area (Å²) in [7, 11) is -2.96.